The summed E-state index contributed by atoms with van der Waals surface area (Å²) < 4.78 is 0. The van der Waals surface area contributed by atoms with Crippen molar-refractivity contribution in [3.63, 3.8) is 0 Å². The SMILES string of the molecule is O=C(CN1CCCCC1)NC12CC3CC(CC(C3)C1)C2. The Morgan fingerprint density at radius 1 is 0.950 bits per heavy atom. The second-order valence-corrected chi connectivity index (χ2v) is 8.08. The number of nitrogens with one attached hydrogen (secondary N) is 1. The van der Waals surface area contributed by atoms with Crippen molar-refractivity contribution in [1.82, 2.24) is 10.2 Å². The predicted octanol–water partition coefficient (Wildman–Crippen LogP) is 2.56. The predicted molar refractivity (Wildman–Crippen MR) is 79.3 cm³/mol. The van der Waals surface area contributed by atoms with Crippen LogP contribution < -0.4 is 5.32 Å². The third-order valence-electron chi connectivity index (χ3n) is 6.26. The molecule has 1 amide bonds. The molecule has 0 aromatic rings. The molecule has 4 saturated carbocycles. The molecule has 0 unspecified atom stereocenters. The molecule has 1 heterocycles. The van der Waals surface area contributed by atoms with Gasteiger partial charge in [-0.1, -0.05) is 6.42 Å². The van der Waals surface area contributed by atoms with E-state index in [-0.39, 0.29) is 5.54 Å². The molecular formula is C17H28N2O. The number of carbonyl (C=O) groups is 1. The number of rotatable bonds is 3. The number of piperidine rings is 1. The molecule has 3 nitrogen and oxygen atoms in total. The monoisotopic (exact) mass is 276 g/mol. The number of hydrogen-bond acceptors (Lipinski definition) is 2. The summed E-state index contributed by atoms with van der Waals surface area (Å²) in [6.07, 6.45) is 12.0. The number of amides is 1. The molecule has 1 N–H and O–H groups in total. The van der Waals surface area contributed by atoms with Gasteiger partial charge in [0.15, 0.2) is 0 Å². The summed E-state index contributed by atoms with van der Waals surface area (Å²) in [5.74, 6) is 3.04. The zero-order valence-corrected chi connectivity index (χ0v) is 12.6. The van der Waals surface area contributed by atoms with Gasteiger partial charge in [-0.25, -0.2) is 0 Å². The first-order chi connectivity index (χ1) is 9.71. The van der Waals surface area contributed by atoms with Crippen LogP contribution in [-0.4, -0.2) is 36.0 Å². The van der Waals surface area contributed by atoms with E-state index in [9.17, 15) is 4.79 Å². The minimum Gasteiger partial charge on any atom is -0.350 e. The Morgan fingerprint density at radius 2 is 1.50 bits per heavy atom. The smallest absolute Gasteiger partial charge is 0.234 e. The molecule has 4 bridgehead atoms. The molecule has 5 fully saturated rings. The first-order valence-corrected chi connectivity index (χ1v) is 8.74. The van der Waals surface area contributed by atoms with Crippen LogP contribution in [-0.2, 0) is 4.79 Å². The van der Waals surface area contributed by atoms with Gasteiger partial charge in [0, 0.05) is 5.54 Å². The Hall–Kier alpha value is -0.570. The third-order valence-corrected chi connectivity index (χ3v) is 6.26. The van der Waals surface area contributed by atoms with Crippen LogP contribution in [0.25, 0.3) is 0 Å². The Kier molecular flexibility index (Phi) is 3.29. The van der Waals surface area contributed by atoms with Crippen molar-refractivity contribution in [3.05, 3.63) is 0 Å². The summed E-state index contributed by atoms with van der Waals surface area (Å²) in [6, 6.07) is 0. The van der Waals surface area contributed by atoms with Gasteiger partial charge in [-0.2, -0.15) is 0 Å². The topological polar surface area (TPSA) is 32.3 Å². The van der Waals surface area contributed by atoms with E-state index in [1.54, 1.807) is 0 Å². The maximum absolute atomic E-state index is 12.4. The quantitative estimate of drug-likeness (QED) is 0.859. The number of nitrogens with zero attached hydrogens (tertiary/aromatic N) is 1. The van der Waals surface area contributed by atoms with Gasteiger partial charge in [0.1, 0.15) is 0 Å². The largest absolute Gasteiger partial charge is 0.350 e. The second-order valence-electron chi connectivity index (χ2n) is 8.08. The molecule has 0 aromatic carbocycles. The van der Waals surface area contributed by atoms with Crippen LogP contribution in [0.2, 0.25) is 0 Å². The lowest BCUT2D eigenvalue weighted by atomic mass is 9.53. The molecule has 3 heteroatoms. The molecular weight excluding hydrogens is 248 g/mol. The van der Waals surface area contributed by atoms with Gasteiger partial charge in [-0.05, 0) is 82.2 Å². The van der Waals surface area contributed by atoms with E-state index in [1.807, 2.05) is 0 Å². The highest BCUT2D eigenvalue weighted by molar-refractivity contribution is 5.79. The average molecular weight is 276 g/mol. The van der Waals surface area contributed by atoms with Gasteiger partial charge >= 0.3 is 0 Å². The molecule has 1 aliphatic heterocycles. The van der Waals surface area contributed by atoms with E-state index < -0.39 is 0 Å². The lowest BCUT2D eigenvalue weighted by molar-refractivity contribution is -0.128. The van der Waals surface area contributed by atoms with E-state index in [0.29, 0.717) is 12.5 Å². The Labute approximate surface area is 122 Å². The fraction of sp³-hybridized carbons (Fsp3) is 0.941. The minimum absolute atomic E-state index is 0.196. The standard InChI is InChI=1S/C17H28N2O/c20-16(12-19-4-2-1-3-5-19)18-17-9-13-6-14(10-17)8-15(7-13)11-17/h13-15H,1-12H2,(H,18,20). The number of carbonyl (C=O) groups excluding carboxylic acids is 1. The van der Waals surface area contributed by atoms with Crippen molar-refractivity contribution in [2.75, 3.05) is 19.6 Å². The van der Waals surface area contributed by atoms with E-state index in [2.05, 4.69) is 10.2 Å². The minimum atomic E-state index is 0.196. The fourth-order valence-electron chi connectivity index (χ4n) is 5.92. The van der Waals surface area contributed by atoms with Crippen molar-refractivity contribution in [3.8, 4) is 0 Å². The molecule has 4 aliphatic carbocycles. The lowest BCUT2D eigenvalue weighted by Crippen LogP contribution is -2.61. The number of likely N-dealkylation sites (tertiary alicyclic amines) is 1. The van der Waals surface area contributed by atoms with Crippen LogP contribution in [0, 0.1) is 17.8 Å². The van der Waals surface area contributed by atoms with Crippen LogP contribution in [0.1, 0.15) is 57.8 Å². The van der Waals surface area contributed by atoms with E-state index in [1.165, 1.54) is 57.8 Å². The average Bonchev–Trinajstić information content (AvgIpc) is 2.37. The summed E-state index contributed by atoms with van der Waals surface area (Å²) in [5.41, 5.74) is 0.196. The fourth-order valence-corrected chi connectivity index (χ4v) is 5.92. The van der Waals surface area contributed by atoms with Crippen LogP contribution in [0.15, 0.2) is 0 Å². The molecule has 5 rings (SSSR count). The van der Waals surface area contributed by atoms with Gasteiger partial charge in [0.25, 0.3) is 0 Å². The van der Waals surface area contributed by atoms with Gasteiger partial charge in [-0.15, -0.1) is 0 Å². The summed E-state index contributed by atoms with van der Waals surface area (Å²) in [5, 5.41) is 3.49. The van der Waals surface area contributed by atoms with Crippen LogP contribution in [0.5, 0.6) is 0 Å². The van der Waals surface area contributed by atoms with Gasteiger partial charge in [-0.3, -0.25) is 9.69 Å². The van der Waals surface area contributed by atoms with Gasteiger partial charge in [0.2, 0.25) is 5.91 Å². The van der Waals surface area contributed by atoms with Crippen LogP contribution in [0.4, 0.5) is 0 Å². The van der Waals surface area contributed by atoms with Gasteiger partial charge < -0.3 is 5.32 Å². The highest BCUT2D eigenvalue weighted by atomic mass is 16.2. The summed E-state index contributed by atoms with van der Waals surface area (Å²) in [6.45, 7) is 2.88. The third kappa shape index (κ3) is 2.49. The Morgan fingerprint density at radius 3 is 2.05 bits per heavy atom. The number of hydrogen-bond donors (Lipinski definition) is 1. The Bertz CT molecular complexity index is 351. The molecule has 5 aliphatic rings. The van der Waals surface area contributed by atoms with Crippen molar-refractivity contribution >= 4 is 5.91 Å². The molecule has 112 valence electrons. The first-order valence-electron chi connectivity index (χ1n) is 8.74. The van der Waals surface area contributed by atoms with E-state index >= 15 is 0 Å². The van der Waals surface area contributed by atoms with E-state index in [4.69, 9.17) is 0 Å². The van der Waals surface area contributed by atoms with Gasteiger partial charge in [0.05, 0.1) is 6.54 Å². The molecule has 20 heavy (non-hydrogen) atoms. The maximum atomic E-state index is 12.4. The van der Waals surface area contributed by atoms with Crippen molar-refractivity contribution in [2.24, 2.45) is 17.8 Å². The lowest BCUT2D eigenvalue weighted by Gasteiger charge is -2.57. The van der Waals surface area contributed by atoms with Crippen LogP contribution >= 0.6 is 0 Å². The first kappa shape index (κ1) is 13.1. The zero-order chi connectivity index (χ0) is 13.6. The van der Waals surface area contributed by atoms with E-state index in [0.717, 1.165) is 30.8 Å². The van der Waals surface area contributed by atoms with Crippen molar-refractivity contribution < 1.29 is 4.79 Å². The van der Waals surface area contributed by atoms with Crippen molar-refractivity contribution in [1.29, 1.82) is 0 Å². The molecule has 0 atom stereocenters. The summed E-state index contributed by atoms with van der Waals surface area (Å²) in [4.78, 5) is 14.8. The maximum Gasteiger partial charge on any atom is 0.234 e. The molecule has 0 spiro atoms. The second kappa shape index (κ2) is 5.01. The zero-order valence-electron chi connectivity index (χ0n) is 12.6. The highest BCUT2D eigenvalue weighted by Crippen LogP contribution is 2.55. The molecule has 0 aromatic heterocycles. The molecule has 1 saturated heterocycles. The molecule has 0 radical (unpaired) electrons. The normalized spacial score (nSPS) is 43.7. The van der Waals surface area contributed by atoms with Crippen molar-refractivity contribution in [2.45, 2.75) is 63.3 Å². The summed E-state index contributed by atoms with van der Waals surface area (Å²) >= 11 is 0. The summed E-state index contributed by atoms with van der Waals surface area (Å²) in [7, 11) is 0. The van der Waals surface area contributed by atoms with Crippen LogP contribution in [0.3, 0.4) is 0 Å². The Balaban J connectivity index is 1.37. The highest BCUT2D eigenvalue weighted by Gasteiger charge is 2.51.